The molecule has 2 aromatic carbocycles. The van der Waals surface area contributed by atoms with Gasteiger partial charge in [-0.15, -0.1) is 0 Å². The van der Waals surface area contributed by atoms with Gasteiger partial charge in [-0.3, -0.25) is 4.79 Å². The van der Waals surface area contributed by atoms with E-state index in [1.807, 2.05) is 18.2 Å². The Kier molecular flexibility index (Phi) is 4.05. The molecule has 2 aromatic rings. The molecule has 0 saturated heterocycles. The van der Waals surface area contributed by atoms with Crippen molar-refractivity contribution in [3.05, 3.63) is 54.1 Å². The smallest absolute Gasteiger partial charge is 0.308 e. The summed E-state index contributed by atoms with van der Waals surface area (Å²) in [7, 11) is 0. The molecule has 0 aromatic heterocycles. The van der Waals surface area contributed by atoms with Crippen molar-refractivity contribution in [1.82, 2.24) is 0 Å². The molecular weight excluding hydrogens is 244 g/mol. The molecule has 0 atom stereocenters. The van der Waals surface area contributed by atoms with Gasteiger partial charge in [0.1, 0.15) is 5.75 Å². The van der Waals surface area contributed by atoms with Gasteiger partial charge in [-0.2, -0.15) is 0 Å². The van der Waals surface area contributed by atoms with Crippen molar-refractivity contribution in [2.75, 3.05) is 0 Å². The van der Waals surface area contributed by atoms with E-state index in [9.17, 15) is 4.79 Å². The minimum Gasteiger partial charge on any atom is -0.427 e. The van der Waals surface area contributed by atoms with Gasteiger partial charge in [-0.1, -0.05) is 29.5 Å². The van der Waals surface area contributed by atoms with Crippen LogP contribution in [0.1, 0.15) is 12.5 Å². The first-order valence-corrected chi connectivity index (χ1v) is 6.48. The SMILES string of the molecule is CC(=O)Oc1ccc(Sc2cccc(C)c2)cc1. The third-order valence-electron chi connectivity index (χ3n) is 2.31. The van der Waals surface area contributed by atoms with Crippen LogP contribution in [0.2, 0.25) is 0 Å². The summed E-state index contributed by atoms with van der Waals surface area (Å²) in [5.41, 5.74) is 1.25. The summed E-state index contributed by atoms with van der Waals surface area (Å²) in [6.07, 6.45) is 0. The van der Waals surface area contributed by atoms with Crippen molar-refractivity contribution in [3.63, 3.8) is 0 Å². The average Bonchev–Trinajstić information content (AvgIpc) is 2.31. The van der Waals surface area contributed by atoms with Crippen LogP contribution in [0.5, 0.6) is 5.75 Å². The highest BCUT2D eigenvalue weighted by molar-refractivity contribution is 7.99. The molecule has 0 aliphatic carbocycles. The fourth-order valence-corrected chi connectivity index (χ4v) is 2.49. The van der Waals surface area contributed by atoms with Crippen molar-refractivity contribution in [3.8, 4) is 5.75 Å². The maximum absolute atomic E-state index is 10.8. The normalized spacial score (nSPS) is 10.1. The number of ether oxygens (including phenoxy) is 1. The molecule has 0 radical (unpaired) electrons. The Labute approximate surface area is 111 Å². The molecule has 0 heterocycles. The van der Waals surface area contributed by atoms with Gasteiger partial charge in [-0.25, -0.2) is 0 Å². The molecule has 0 amide bonds. The minimum atomic E-state index is -0.297. The zero-order chi connectivity index (χ0) is 13.0. The summed E-state index contributed by atoms with van der Waals surface area (Å²) >= 11 is 1.69. The lowest BCUT2D eigenvalue weighted by molar-refractivity contribution is -0.131. The summed E-state index contributed by atoms with van der Waals surface area (Å²) in [6.45, 7) is 3.48. The van der Waals surface area contributed by atoms with Crippen LogP contribution >= 0.6 is 11.8 Å². The highest BCUT2D eigenvalue weighted by Gasteiger charge is 2.00. The molecule has 18 heavy (non-hydrogen) atoms. The first-order chi connectivity index (χ1) is 8.63. The van der Waals surface area contributed by atoms with Gasteiger partial charge in [0, 0.05) is 16.7 Å². The number of hydrogen-bond donors (Lipinski definition) is 0. The summed E-state index contributed by atoms with van der Waals surface area (Å²) in [6, 6.07) is 15.9. The lowest BCUT2D eigenvalue weighted by Crippen LogP contribution is -2.00. The van der Waals surface area contributed by atoms with Gasteiger partial charge in [0.2, 0.25) is 0 Å². The molecule has 92 valence electrons. The number of aryl methyl sites for hydroxylation is 1. The van der Waals surface area contributed by atoms with Crippen molar-refractivity contribution in [2.24, 2.45) is 0 Å². The second-order valence-corrected chi connectivity index (χ2v) is 5.13. The molecule has 0 N–H and O–H groups in total. The van der Waals surface area contributed by atoms with Crippen LogP contribution in [0.25, 0.3) is 0 Å². The van der Waals surface area contributed by atoms with Crippen LogP contribution in [0.4, 0.5) is 0 Å². The second-order valence-electron chi connectivity index (χ2n) is 3.98. The summed E-state index contributed by atoms with van der Waals surface area (Å²) in [4.78, 5) is 13.1. The number of carbonyl (C=O) groups excluding carboxylic acids is 1. The van der Waals surface area contributed by atoms with E-state index in [2.05, 4.69) is 25.1 Å². The highest BCUT2D eigenvalue weighted by Crippen LogP contribution is 2.29. The molecule has 0 unspecified atom stereocenters. The summed E-state index contributed by atoms with van der Waals surface area (Å²) in [5.74, 6) is 0.283. The van der Waals surface area contributed by atoms with E-state index in [0.717, 1.165) is 4.90 Å². The standard InChI is InChI=1S/C15H14O2S/c1-11-4-3-5-15(10-11)18-14-8-6-13(7-9-14)17-12(2)16/h3-10H,1-2H3. The van der Waals surface area contributed by atoms with Gasteiger partial charge < -0.3 is 4.74 Å². The minimum absolute atomic E-state index is 0.297. The molecule has 0 aliphatic rings. The van der Waals surface area contributed by atoms with Gasteiger partial charge in [0.25, 0.3) is 0 Å². The third kappa shape index (κ3) is 3.64. The highest BCUT2D eigenvalue weighted by atomic mass is 32.2. The van der Waals surface area contributed by atoms with Crippen LogP contribution in [0.15, 0.2) is 58.3 Å². The van der Waals surface area contributed by atoms with Crippen molar-refractivity contribution in [1.29, 1.82) is 0 Å². The van der Waals surface area contributed by atoms with Crippen LogP contribution in [0.3, 0.4) is 0 Å². The van der Waals surface area contributed by atoms with E-state index in [4.69, 9.17) is 4.74 Å². The van der Waals surface area contributed by atoms with Crippen molar-refractivity contribution in [2.45, 2.75) is 23.6 Å². The summed E-state index contributed by atoms with van der Waals surface area (Å²) < 4.78 is 4.99. The first-order valence-electron chi connectivity index (χ1n) is 5.66. The molecule has 0 saturated carbocycles. The van der Waals surface area contributed by atoms with Crippen LogP contribution in [-0.2, 0) is 4.79 Å². The molecule has 0 fully saturated rings. The second kappa shape index (κ2) is 5.74. The van der Waals surface area contributed by atoms with Crippen LogP contribution in [0, 0.1) is 6.92 Å². The largest absolute Gasteiger partial charge is 0.427 e. The summed E-state index contributed by atoms with van der Waals surface area (Å²) in [5, 5.41) is 0. The van der Waals surface area contributed by atoms with Gasteiger partial charge >= 0.3 is 5.97 Å². The Balaban J connectivity index is 2.08. The van der Waals surface area contributed by atoms with Crippen LogP contribution < -0.4 is 4.74 Å². The topological polar surface area (TPSA) is 26.3 Å². The van der Waals surface area contributed by atoms with E-state index in [0.29, 0.717) is 5.75 Å². The van der Waals surface area contributed by atoms with Crippen molar-refractivity contribution < 1.29 is 9.53 Å². The molecule has 0 bridgehead atoms. The Morgan fingerprint density at radius 3 is 2.39 bits per heavy atom. The Morgan fingerprint density at radius 2 is 1.78 bits per heavy atom. The number of hydrogen-bond acceptors (Lipinski definition) is 3. The van der Waals surface area contributed by atoms with E-state index >= 15 is 0 Å². The lowest BCUT2D eigenvalue weighted by atomic mass is 10.2. The maximum Gasteiger partial charge on any atom is 0.308 e. The number of esters is 1. The van der Waals surface area contributed by atoms with Gasteiger partial charge in [-0.05, 0) is 43.3 Å². The predicted molar refractivity (Wildman–Crippen MR) is 73.1 cm³/mol. The zero-order valence-electron chi connectivity index (χ0n) is 10.3. The average molecular weight is 258 g/mol. The fourth-order valence-electron chi connectivity index (χ4n) is 1.56. The predicted octanol–water partition coefficient (Wildman–Crippen LogP) is 4.07. The monoisotopic (exact) mass is 258 g/mol. The van der Waals surface area contributed by atoms with E-state index in [-0.39, 0.29) is 5.97 Å². The zero-order valence-corrected chi connectivity index (χ0v) is 11.2. The van der Waals surface area contributed by atoms with E-state index in [1.54, 1.807) is 23.9 Å². The third-order valence-corrected chi connectivity index (χ3v) is 3.31. The molecule has 3 heteroatoms. The van der Waals surface area contributed by atoms with Gasteiger partial charge in [0.15, 0.2) is 0 Å². The molecule has 0 aliphatic heterocycles. The van der Waals surface area contributed by atoms with E-state index < -0.39 is 0 Å². The number of benzene rings is 2. The maximum atomic E-state index is 10.8. The number of rotatable bonds is 3. The van der Waals surface area contributed by atoms with E-state index in [1.165, 1.54) is 17.4 Å². The lowest BCUT2D eigenvalue weighted by Gasteiger charge is -2.04. The first kappa shape index (κ1) is 12.7. The number of carbonyl (C=O) groups is 1. The Hall–Kier alpha value is -1.74. The molecule has 2 nitrogen and oxygen atoms in total. The Morgan fingerprint density at radius 1 is 1.06 bits per heavy atom. The quantitative estimate of drug-likeness (QED) is 0.613. The molecular formula is C15H14O2S. The molecule has 2 rings (SSSR count). The van der Waals surface area contributed by atoms with Gasteiger partial charge in [0.05, 0.1) is 0 Å². The van der Waals surface area contributed by atoms with Crippen LogP contribution in [-0.4, -0.2) is 5.97 Å². The Bertz CT molecular complexity index is 547. The fraction of sp³-hybridized carbons (Fsp3) is 0.133. The van der Waals surface area contributed by atoms with Crippen molar-refractivity contribution >= 4 is 17.7 Å². The molecule has 0 spiro atoms.